The second kappa shape index (κ2) is 14.2. The average Bonchev–Trinajstić information content (AvgIpc) is 3.06. The van der Waals surface area contributed by atoms with Crippen LogP contribution in [0.5, 0.6) is 10.4 Å². The molecule has 0 radical (unpaired) electrons. The lowest BCUT2D eigenvalue weighted by molar-refractivity contribution is 0.187. The maximum Gasteiger partial charge on any atom is 0.451 e. The van der Waals surface area contributed by atoms with Crippen molar-refractivity contribution in [2.45, 2.75) is 104 Å². The highest BCUT2D eigenvalue weighted by atomic mass is 32.3. The second-order valence-electron chi connectivity index (χ2n) is 7.33. The summed E-state index contributed by atoms with van der Waals surface area (Å²) in [6.07, 6.45) is 8.02. The molecule has 0 saturated carbocycles. The largest absolute Gasteiger partial charge is 0.451 e. The minimum atomic E-state index is -4.37. The standard InChI is InChI=1S/C18H34N2O8S3/c1-5-7-9-11-13-15(3)25-30(21,22)27-17-19-20-18(29-17)28-31(23,24)26-16(4)14-12-10-8-6-2/h15-16H,5-14H2,1-4H3. The molecule has 13 heteroatoms. The van der Waals surface area contributed by atoms with Crippen molar-refractivity contribution in [2.24, 2.45) is 0 Å². The van der Waals surface area contributed by atoms with Crippen molar-refractivity contribution in [1.29, 1.82) is 0 Å². The molecule has 1 heterocycles. The molecule has 31 heavy (non-hydrogen) atoms. The van der Waals surface area contributed by atoms with Crippen LogP contribution in [0.3, 0.4) is 0 Å². The third kappa shape index (κ3) is 13.2. The summed E-state index contributed by atoms with van der Waals surface area (Å²) in [4.78, 5) is 0. The van der Waals surface area contributed by atoms with Crippen molar-refractivity contribution in [3.8, 4) is 10.4 Å². The minimum absolute atomic E-state index is 0.420. The van der Waals surface area contributed by atoms with E-state index in [4.69, 9.17) is 16.7 Å². The van der Waals surface area contributed by atoms with Gasteiger partial charge in [0.2, 0.25) is 0 Å². The number of nitrogens with zero attached hydrogens (tertiary/aromatic N) is 2. The van der Waals surface area contributed by atoms with Crippen molar-refractivity contribution in [3.63, 3.8) is 0 Å². The zero-order chi connectivity index (χ0) is 23.3. The van der Waals surface area contributed by atoms with E-state index in [1.807, 2.05) is 0 Å². The van der Waals surface area contributed by atoms with E-state index in [1.165, 1.54) is 0 Å². The predicted molar refractivity (Wildman–Crippen MR) is 118 cm³/mol. The van der Waals surface area contributed by atoms with Crippen LogP contribution in [0.15, 0.2) is 0 Å². The zero-order valence-corrected chi connectivity index (χ0v) is 21.1. The molecule has 0 aliphatic heterocycles. The molecule has 1 aromatic rings. The van der Waals surface area contributed by atoms with Gasteiger partial charge in [-0.2, -0.15) is 16.8 Å². The number of rotatable bonds is 18. The van der Waals surface area contributed by atoms with Gasteiger partial charge < -0.3 is 8.37 Å². The molecule has 0 saturated heterocycles. The molecule has 2 unspecified atom stereocenters. The number of hydrogen-bond donors (Lipinski definition) is 0. The predicted octanol–water partition coefficient (Wildman–Crippen LogP) is 4.54. The van der Waals surface area contributed by atoms with Gasteiger partial charge in [-0.25, -0.2) is 8.37 Å². The van der Waals surface area contributed by atoms with Crippen molar-refractivity contribution in [2.75, 3.05) is 0 Å². The zero-order valence-electron chi connectivity index (χ0n) is 18.6. The van der Waals surface area contributed by atoms with Crippen LogP contribution in [0.25, 0.3) is 0 Å². The lowest BCUT2D eigenvalue weighted by atomic mass is 10.1. The Morgan fingerprint density at radius 1 is 0.710 bits per heavy atom. The first-order chi connectivity index (χ1) is 14.6. The van der Waals surface area contributed by atoms with Crippen molar-refractivity contribution in [3.05, 3.63) is 0 Å². The molecule has 0 spiro atoms. The molecule has 10 nitrogen and oxygen atoms in total. The van der Waals surface area contributed by atoms with Crippen LogP contribution in [0.2, 0.25) is 0 Å². The summed E-state index contributed by atoms with van der Waals surface area (Å²) in [6.45, 7) is 7.44. The van der Waals surface area contributed by atoms with Crippen LogP contribution in [-0.4, -0.2) is 39.2 Å². The van der Waals surface area contributed by atoms with E-state index in [9.17, 15) is 16.8 Å². The van der Waals surface area contributed by atoms with E-state index in [2.05, 4.69) is 24.0 Å². The van der Waals surface area contributed by atoms with Gasteiger partial charge in [-0.05, 0) is 38.0 Å². The van der Waals surface area contributed by atoms with Gasteiger partial charge in [-0.1, -0.05) is 75.4 Å². The van der Waals surface area contributed by atoms with Gasteiger partial charge in [-0.15, -0.1) is 0 Å². The Hall–Kier alpha value is -1.02. The number of hydrogen-bond acceptors (Lipinski definition) is 11. The molecule has 1 aromatic heterocycles. The molecule has 182 valence electrons. The van der Waals surface area contributed by atoms with Gasteiger partial charge in [0, 0.05) is 0 Å². The quantitative estimate of drug-likeness (QED) is 0.264. The SMILES string of the molecule is CCCCCCC(C)OS(=O)(=O)Oc1nnc(OS(=O)(=O)OC(C)CCCCCC)s1. The van der Waals surface area contributed by atoms with E-state index in [-0.39, 0.29) is 0 Å². The molecule has 0 fully saturated rings. The molecule has 2 atom stereocenters. The molecule has 0 aliphatic rings. The first-order valence-corrected chi connectivity index (χ1v) is 14.1. The lowest BCUT2D eigenvalue weighted by Crippen LogP contribution is -2.20. The Kier molecular flexibility index (Phi) is 12.8. The third-order valence-electron chi connectivity index (χ3n) is 4.23. The van der Waals surface area contributed by atoms with Crippen LogP contribution in [0.1, 0.15) is 91.9 Å². The molecule has 0 amide bonds. The third-order valence-corrected chi connectivity index (χ3v) is 6.97. The minimum Gasteiger partial charge on any atom is -0.329 e. The van der Waals surface area contributed by atoms with E-state index in [1.54, 1.807) is 13.8 Å². The molecular formula is C18H34N2O8S3. The summed E-state index contributed by atoms with van der Waals surface area (Å²) in [5.41, 5.74) is 0. The van der Waals surface area contributed by atoms with Crippen molar-refractivity contribution >= 4 is 32.1 Å². The van der Waals surface area contributed by atoms with E-state index >= 15 is 0 Å². The van der Waals surface area contributed by atoms with Gasteiger partial charge in [-0.3, -0.25) is 0 Å². The number of unbranched alkanes of at least 4 members (excludes halogenated alkanes) is 6. The Morgan fingerprint density at radius 3 is 1.45 bits per heavy atom. The fourth-order valence-electron chi connectivity index (χ4n) is 2.69. The van der Waals surface area contributed by atoms with Crippen LogP contribution in [0.4, 0.5) is 0 Å². The van der Waals surface area contributed by atoms with E-state index in [0.717, 1.165) is 51.4 Å². The summed E-state index contributed by atoms with van der Waals surface area (Å²) in [5.74, 6) is 0. The highest BCUT2D eigenvalue weighted by Crippen LogP contribution is 2.28. The van der Waals surface area contributed by atoms with Crippen LogP contribution < -0.4 is 8.37 Å². The average molecular weight is 503 g/mol. The lowest BCUT2D eigenvalue weighted by Gasteiger charge is -2.11. The maximum absolute atomic E-state index is 12.0. The Morgan fingerprint density at radius 2 is 1.10 bits per heavy atom. The van der Waals surface area contributed by atoms with Gasteiger partial charge in [0.05, 0.1) is 12.2 Å². The second-order valence-corrected chi connectivity index (χ2v) is 10.6. The highest BCUT2D eigenvalue weighted by molar-refractivity contribution is 7.82. The number of aromatic nitrogens is 2. The van der Waals surface area contributed by atoms with Gasteiger partial charge >= 0.3 is 31.2 Å². The first kappa shape index (κ1) is 28.0. The fourth-order valence-corrected chi connectivity index (χ4v) is 5.27. The summed E-state index contributed by atoms with van der Waals surface area (Å²) in [5, 5.41) is 6.10. The van der Waals surface area contributed by atoms with Gasteiger partial charge in [0.1, 0.15) is 0 Å². The Labute approximate surface area is 190 Å². The summed E-state index contributed by atoms with van der Waals surface area (Å²) >= 11 is 0.505. The molecular weight excluding hydrogens is 468 g/mol. The van der Waals surface area contributed by atoms with Crippen LogP contribution in [-0.2, 0) is 29.2 Å². The molecule has 0 aromatic carbocycles. The molecule has 0 aliphatic carbocycles. The summed E-state index contributed by atoms with van der Waals surface area (Å²) < 4.78 is 67.3. The summed E-state index contributed by atoms with van der Waals surface area (Å²) in [7, 11) is -8.74. The topological polar surface area (TPSA) is 131 Å². The summed E-state index contributed by atoms with van der Waals surface area (Å²) in [6, 6.07) is 0. The van der Waals surface area contributed by atoms with Crippen LogP contribution in [0, 0.1) is 0 Å². The fraction of sp³-hybridized carbons (Fsp3) is 0.889. The Balaban J connectivity index is 2.50. The van der Waals surface area contributed by atoms with E-state index < -0.39 is 43.4 Å². The van der Waals surface area contributed by atoms with Crippen LogP contribution >= 0.6 is 11.3 Å². The molecule has 0 N–H and O–H groups in total. The highest BCUT2D eigenvalue weighted by Gasteiger charge is 2.24. The first-order valence-electron chi connectivity index (χ1n) is 10.7. The maximum atomic E-state index is 12.0. The van der Waals surface area contributed by atoms with Crippen molar-refractivity contribution in [1.82, 2.24) is 10.2 Å². The molecule has 1 rings (SSSR count). The smallest absolute Gasteiger partial charge is 0.329 e. The van der Waals surface area contributed by atoms with Gasteiger partial charge in [0.15, 0.2) is 0 Å². The van der Waals surface area contributed by atoms with Gasteiger partial charge in [0.25, 0.3) is 0 Å². The van der Waals surface area contributed by atoms with Crippen molar-refractivity contribution < 1.29 is 33.6 Å². The Bertz CT molecular complexity index is 760. The molecule has 0 bridgehead atoms. The monoisotopic (exact) mass is 502 g/mol. The normalized spacial score (nSPS) is 14.3. The van der Waals surface area contributed by atoms with E-state index in [0.29, 0.717) is 24.2 Å².